The Balaban J connectivity index is 3.98. The molecule has 0 saturated heterocycles. The second-order valence-electron chi connectivity index (χ2n) is 2.46. The maximum atomic E-state index is 10.5. The van der Waals surface area contributed by atoms with Crippen LogP contribution < -0.4 is 0 Å². The van der Waals surface area contributed by atoms with E-state index in [2.05, 4.69) is 4.18 Å². The molecule has 0 aromatic heterocycles. The zero-order chi connectivity index (χ0) is 10.5. The van der Waals surface area contributed by atoms with Crippen molar-refractivity contribution in [2.75, 3.05) is 6.26 Å². The van der Waals surface area contributed by atoms with Gasteiger partial charge < -0.3 is 10.2 Å². The first-order valence-corrected chi connectivity index (χ1v) is 5.30. The fourth-order valence-corrected chi connectivity index (χ4v) is 1.08. The molecule has 0 saturated carbocycles. The fraction of sp³-hybridized carbons (Fsp3) is 0.833. The Kier molecular flexibility index (Phi) is 4.87. The minimum Gasteiger partial charge on any atom is -0.388 e. The lowest BCUT2D eigenvalue weighted by Gasteiger charge is -2.15. The Hall–Kier alpha value is -0.680. The molecule has 13 heavy (non-hydrogen) atoms. The van der Waals surface area contributed by atoms with Gasteiger partial charge in [0.1, 0.15) is 6.10 Å². The Morgan fingerprint density at radius 1 is 1.54 bits per heavy atom. The lowest BCUT2D eigenvalue weighted by molar-refractivity contribution is -0.101. The van der Waals surface area contributed by atoms with Crippen molar-refractivity contribution in [3.63, 3.8) is 0 Å². The average Bonchev–Trinajstić information content (AvgIpc) is 1.96. The highest BCUT2D eigenvalue weighted by Gasteiger charge is 2.20. The summed E-state index contributed by atoms with van der Waals surface area (Å²) in [6.07, 6.45) is -2.43. The lowest BCUT2D eigenvalue weighted by Crippen LogP contribution is -2.30. The summed E-state index contributed by atoms with van der Waals surface area (Å²) in [4.78, 5) is 0. The summed E-state index contributed by atoms with van der Waals surface area (Å²) in [6.45, 7) is 0. The molecule has 0 radical (unpaired) electrons. The molecule has 0 bridgehead atoms. The molecule has 76 valence electrons. The van der Waals surface area contributed by atoms with E-state index in [9.17, 15) is 8.42 Å². The molecule has 0 fully saturated rings. The zero-order valence-corrected chi connectivity index (χ0v) is 7.86. The monoisotopic (exact) mass is 209 g/mol. The van der Waals surface area contributed by atoms with Gasteiger partial charge in [-0.05, 0) is 6.42 Å². The molecular formula is C6H11NO5S. The van der Waals surface area contributed by atoms with E-state index in [0.29, 0.717) is 0 Å². The van der Waals surface area contributed by atoms with Gasteiger partial charge in [0.2, 0.25) is 0 Å². The van der Waals surface area contributed by atoms with Gasteiger partial charge in [0.25, 0.3) is 10.1 Å². The second-order valence-corrected chi connectivity index (χ2v) is 4.06. The van der Waals surface area contributed by atoms with E-state index in [1.54, 1.807) is 6.07 Å². The summed E-state index contributed by atoms with van der Waals surface area (Å²) in [6, 6.07) is 1.74. The zero-order valence-electron chi connectivity index (χ0n) is 7.04. The molecule has 2 atom stereocenters. The fourth-order valence-electron chi connectivity index (χ4n) is 0.598. The number of hydrogen-bond donors (Lipinski definition) is 2. The average molecular weight is 209 g/mol. The molecule has 6 nitrogen and oxygen atoms in total. The van der Waals surface area contributed by atoms with Crippen molar-refractivity contribution < 1.29 is 22.8 Å². The van der Waals surface area contributed by atoms with E-state index in [-0.39, 0.29) is 12.8 Å². The minimum absolute atomic E-state index is 0.0192. The molecule has 0 aliphatic rings. The second kappa shape index (κ2) is 5.14. The van der Waals surface area contributed by atoms with Gasteiger partial charge in [-0.2, -0.15) is 13.7 Å². The highest BCUT2D eigenvalue weighted by atomic mass is 32.2. The summed E-state index contributed by atoms with van der Waals surface area (Å²) in [5.41, 5.74) is 0. The van der Waals surface area contributed by atoms with E-state index in [1.165, 1.54) is 0 Å². The van der Waals surface area contributed by atoms with Crippen LogP contribution in [0.2, 0.25) is 0 Å². The standard InChI is InChI=1S/C6H11NO5S/c1-13(10,11)12-6(9)5(8)3-2-4-7/h5-6,8-9H,2-3H2,1H3/t5-,6?/m0/s1. The SMILES string of the molecule is CS(=O)(=O)OC(O)[C@@H](O)CCC#N. The van der Waals surface area contributed by atoms with Crippen molar-refractivity contribution in [1.82, 2.24) is 0 Å². The van der Waals surface area contributed by atoms with Crippen LogP contribution in [-0.4, -0.2) is 37.3 Å². The Bertz CT molecular complexity index is 280. The van der Waals surface area contributed by atoms with Crippen LogP contribution in [0.3, 0.4) is 0 Å². The topological polar surface area (TPSA) is 108 Å². The van der Waals surface area contributed by atoms with Crippen LogP contribution in [0, 0.1) is 11.3 Å². The van der Waals surface area contributed by atoms with Gasteiger partial charge in [-0.3, -0.25) is 0 Å². The molecule has 0 rings (SSSR count). The molecule has 0 aromatic rings. The van der Waals surface area contributed by atoms with Crippen LogP contribution >= 0.6 is 0 Å². The first-order valence-electron chi connectivity index (χ1n) is 3.48. The normalized spacial score (nSPS) is 16.2. The van der Waals surface area contributed by atoms with E-state index in [0.717, 1.165) is 6.26 Å². The number of rotatable bonds is 5. The van der Waals surface area contributed by atoms with E-state index in [4.69, 9.17) is 15.5 Å². The molecule has 7 heteroatoms. The third kappa shape index (κ3) is 6.48. The number of aliphatic hydroxyl groups excluding tert-OH is 2. The van der Waals surface area contributed by atoms with Gasteiger partial charge in [0.15, 0.2) is 6.29 Å². The first-order chi connectivity index (χ1) is 5.87. The predicted molar refractivity (Wildman–Crippen MR) is 42.8 cm³/mol. The lowest BCUT2D eigenvalue weighted by atomic mass is 10.2. The van der Waals surface area contributed by atoms with E-state index in [1.807, 2.05) is 0 Å². The van der Waals surface area contributed by atoms with Crippen LogP contribution in [-0.2, 0) is 14.3 Å². The van der Waals surface area contributed by atoms with Crippen LogP contribution in [0.5, 0.6) is 0 Å². The molecule has 1 unspecified atom stereocenters. The molecule has 0 aromatic carbocycles. The number of hydrogen-bond acceptors (Lipinski definition) is 6. The van der Waals surface area contributed by atoms with Gasteiger partial charge in [-0.15, -0.1) is 0 Å². The largest absolute Gasteiger partial charge is 0.388 e. The van der Waals surface area contributed by atoms with Crippen LogP contribution in [0.25, 0.3) is 0 Å². The predicted octanol–water partition coefficient (Wildman–Crippen LogP) is -1.05. The van der Waals surface area contributed by atoms with Gasteiger partial charge in [-0.25, -0.2) is 4.18 Å². The molecular weight excluding hydrogens is 198 g/mol. The Morgan fingerprint density at radius 2 is 2.08 bits per heavy atom. The summed E-state index contributed by atoms with van der Waals surface area (Å²) < 4.78 is 25.0. The van der Waals surface area contributed by atoms with Gasteiger partial charge in [0.05, 0.1) is 12.3 Å². The molecule has 0 heterocycles. The Morgan fingerprint density at radius 3 is 2.46 bits per heavy atom. The van der Waals surface area contributed by atoms with Crippen LogP contribution in [0.15, 0.2) is 0 Å². The van der Waals surface area contributed by atoms with Crippen LogP contribution in [0.1, 0.15) is 12.8 Å². The maximum absolute atomic E-state index is 10.5. The highest BCUT2D eigenvalue weighted by Crippen LogP contribution is 2.05. The molecule has 0 aliphatic heterocycles. The smallest absolute Gasteiger partial charge is 0.266 e. The van der Waals surface area contributed by atoms with Crippen molar-refractivity contribution >= 4 is 10.1 Å². The number of nitriles is 1. The third-order valence-corrected chi connectivity index (χ3v) is 1.70. The molecule has 0 aliphatic carbocycles. The quantitative estimate of drug-likeness (QED) is 0.441. The van der Waals surface area contributed by atoms with E-state index < -0.39 is 22.5 Å². The number of aliphatic hydroxyl groups is 2. The molecule has 0 amide bonds. The van der Waals surface area contributed by atoms with Gasteiger partial charge >= 0.3 is 0 Å². The van der Waals surface area contributed by atoms with Crippen LogP contribution in [0.4, 0.5) is 0 Å². The van der Waals surface area contributed by atoms with Crippen molar-refractivity contribution in [2.24, 2.45) is 0 Å². The number of nitrogens with zero attached hydrogens (tertiary/aromatic N) is 1. The molecule has 0 spiro atoms. The first kappa shape index (κ1) is 12.3. The third-order valence-electron chi connectivity index (χ3n) is 1.15. The summed E-state index contributed by atoms with van der Waals surface area (Å²) >= 11 is 0. The summed E-state index contributed by atoms with van der Waals surface area (Å²) in [7, 11) is -3.79. The highest BCUT2D eigenvalue weighted by molar-refractivity contribution is 7.86. The van der Waals surface area contributed by atoms with Gasteiger partial charge in [-0.1, -0.05) is 0 Å². The Labute approximate surface area is 76.5 Å². The van der Waals surface area contributed by atoms with Crippen molar-refractivity contribution in [2.45, 2.75) is 25.2 Å². The van der Waals surface area contributed by atoms with E-state index >= 15 is 0 Å². The minimum atomic E-state index is -3.79. The van der Waals surface area contributed by atoms with Gasteiger partial charge in [0, 0.05) is 6.42 Å². The van der Waals surface area contributed by atoms with Crippen molar-refractivity contribution in [3.05, 3.63) is 0 Å². The molecule has 2 N–H and O–H groups in total. The van der Waals surface area contributed by atoms with Crippen molar-refractivity contribution in [3.8, 4) is 6.07 Å². The maximum Gasteiger partial charge on any atom is 0.266 e. The van der Waals surface area contributed by atoms with Crippen molar-refractivity contribution in [1.29, 1.82) is 5.26 Å². The summed E-state index contributed by atoms with van der Waals surface area (Å²) in [5.74, 6) is 0. The summed E-state index contributed by atoms with van der Waals surface area (Å²) in [5, 5.41) is 26.1.